The van der Waals surface area contributed by atoms with Crippen molar-refractivity contribution in [2.24, 2.45) is 0 Å². The van der Waals surface area contributed by atoms with Crippen molar-refractivity contribution in [1.82, 2.24) is 19.5 Å². The summed E-state index contributed by atoms with van der Waals surface area (Å²) in [5, 5.41) is 6.51. The van der Waals surface area contributed by atoms with Gasteiger partial charge in [0.05, 0.1) is 11.0 Å². The smallest absolute Gasteiger partial charge is 0.164 e. The van der Waals surface area contributed by atoms with Crippen LogP contribution in [0.3, 0.4) is 0 Å². The predicted octanol–water partition coefficient (Wildman–Crippen LogP) is 16.8. The molecular formula is C63H38N4O2. The van der Waals surface area contributed by atoms with Gasteiger partial charge in [-0.25, -0.2) is 15.0 Å². The average molecular weight is 883 g/mol. The van der Waals surface area contributed by atoms with Gasteiger partial charge in [0.2, 0.25) is 0 Å². The van der Waals surface area contributed by atoms with Gasteiger partial charge in [-0.1, -0.05) is 158 Å². The number of para-hydroxylation sites is 2. The molecule has 0 bridgehead atoms. The van der Waals surface area contributed by atoms with Crippen molar-refractivity contribution in [3.05, 3.63) is 231 Å². The third-order valence-electron chi connectivity index (χ3n) is 13.5. The van der Waals surface area contributed by atoms with E-state index in [4.69, 9.17) is 23.8 Å². The maximum absolute atomic E-state index is 6.57. The van der Waals surface area contributed by atoms with Gasteiger partial charge < -0.3 is 13.4 Å². The first-order valence-corrected chi connectivity index (χ1v) is 23.2. The minimum absolute atomic E-state index is 0.551. The molecule has 14 rings (SSSR count). The van der Waals surface area contributed by atoms with E-state index in [-0.39, 0.29) is 0 Å². The molecule has 322 valence electrons. The second-order valence-corrected chi connectivity index (χ2v) is 17.5. The molecule has 0 radical (unpaired) electrons. The van der Waals surface area contributed by atoms with Gasteiger partial charge in [0.1, 0.15) is 22.3 Å². The first-order chi connectivity index (χ1) is 34.2. The van der Waals surface area contributed by atoms with Crippen molar-refractivity contribution in [3.8, 4) is 73.2 Å². The van der Waals surface area contributed by atoms with E-state index in [1.54, 1.807) is 0 Å². The average Bonchev–Trinajstić information content (AvgIpc) is 4.10. The molecule has 0 aliphatic carbocycles. The summed E-state index contributed by atoms with van der Waals surface area (Å²) < 4.78 is 15.5. The molecule has 0 N–H and O–H groups in total. The summed E-state index contributed by atoms with van der Waals surface area (Å²) in [7, 11) is 0. The van der Waals surface area contributed by atoms with E-state index in [0.29, 0.717) is 17.5 Å². The Hall–Kier alpha value is -9.39. The van der Waals surface area contributed by atoms with Gasteiger partial charge in [-0.2, -0.15) is 0 Å². The lowest BCUT2D eigenvalue weighted by molar-refractivity contribution is 0.668. The van der Waals surface area contributed by atoms with E-state index in [1.807, 2.05) is 66.7 Å². The van der Waals surface area contributed by atoms with Gasteiger partial charge in [0.15, 0.2) is 17.5 Å². The van der Waals surface area contributed by atoms with Crippen molar-refractivity contribution in [2.75, 3.05) is 0 Å². The van der Waals surface area contributed by atoms with E-state index in [9.17, 15) is 0 Å². The van der Waals surface area contributed by atoms with E-state index in [2.05, 4.69) is 168 Å². The number of hydrogen-bond donors (Lipinski definition) is 0. The highest BCUT2D eigenvalue weighted by Crippen LogP contribution is 2.42. The van der Waals surface area contributed by atoms with Crippen LogP contribution in [0.1, 0.15) is 0 Å². The second-order valence-electron chi connectivity index (χ2n) is 17.5. The molecule has 6 nitrogen and oxygen atoms in total. The van der Waals surface area contributed by atoms with Crippen LogP contribution in [-0.2, 0) is 0 Å². The molecule has 10 aromatic carbocycles. The first-order valence-electron chi connectivity index (χ1n) is 23.2. The third-order valence-corrected chi connectivity index (χ3v) is 13.5. The van der Waals surface area contributed by atoms with Crippen LogP contribution in [0.25, 0.3) is 139 Å². The number of benzene rings is 10. The van der Waals surface area contributed by atoms with Crippen molar-refractivity contribution >= 4 is 65.7 Å². The number of aromatic nitrogens is 4. The minimum Gasteiger partial charge on any atom is -0.456 e. The van der Waals surface area contributed by atoms with Crippen molar-refractivity contribution < 1.29 is 8.83 Å². The predicted molar refractivity (Wildman–Crippen MR) is 281 cm³/mol. The lowest BCUT2D eigenvalue weighted by Crippen LogP contribution is -2.00. The van der Waals surface area contributed by atoms with Crippen LogP contribution in [0.15, 0.2) is 239 Å². The third kappa shape index (κ3) is 6.45. The molecule has 0 aliphatic rings. The molecule has 0 aliphatic heterocycles. The fraction of sp³-hybridized carbons (Fsp3) is 0. The number of furan rings is 2. The van der Waals surface area contributed by atoms with Crippen LogP contribution in [0, 0.1) is 0 Å². The Morgan fingerprint density at radius 2 is 0.812 bits per heavy atom. The molecule has 0 amide bonds. The maximum Gasteiger partial charge on any atom is 0.164 e. The largest absolute Gasteiger partial charge is 0.456 e. The topological polar surface area (TPSA) is 69.9 Å². The van der Waals surface area contributed by atoms with Gasteiger partial charge in [-0.05, 0) is 106 Å². The summed E-state index contributed by atoms with van der Waals surface area (Å²) in [4.78, 5) is 15.5. The normalized spacial score (nSPS) is 11.8. The van der Waals surface area contributed by atoms with Gasteiger partial charge in [0, 0.05) is 54.7 Å². The van der Waals surface area contributed by atoms with Crippen LogP contribution in [0.4, 0.5) is 0 Å². The van der Waals surface area contributed by atoms with Crippen LogP contribution in [0.2, 0.25) is 0 Å². The highest BCUT2D eigenvalue weighted by molar-refractivity contribution is 6.15. The van der Waals surface area contributed by atoms with Gasteiger partial charge in [-0.15, -0.1) is 0 Å². The Morgan fingerprint density at radius 1 is 0.275 bits per heavy atom. The lowest BCUT2D eigenvalue weighted by atomic mass is 9.96. The molecule has 4 aromatic heterocycles. The Labute approximate surface area is 396 Å². The van der Waals surface area contributed by atoms with Crippen LogP contribution < -0.4 is 0 Å². The molecule has 0 saturated carbocycles. The SMILES string of the molecule is c1ccc(-c2nc(-c3ccc4c(c3)oc3cccc(-c5ccccc5)c34)nc(-c3cccc4oc5ccc(-c6cccc(-c7ccc8c(c7)c7ccccc7n8-c7ccccc7)c6)cc5c34)n2)cc1. The molecule has 0 saturated heterocycles. The number of hydrogen-bond acceptors (Lipinski definition) is 5. The molecule has 14 aromatic rings. The van der Waals surface area contributed by atoms with Crippen LogP contribution >= 0.6 is 0 Å². The molecule has 0 fully saturated rings. The highest BCUT2D eigenvalue weighted by atomic mass is 16.3. The quantitative estimate of drug-likeness (QED) is 0.159. The van der Waals surface area contributed by atoms with E-state index < -0.39 is 0 Å². The number of rotatable bonds is 7. The molecule has 0 unspecified atom stereocenters. The zero-order valence-corrected chi connectivity index (χ0v) is 37.0. The van der Waals surface area contributed by atoms with Crippen LogP contribution in [0.5, 0.6) is 0 Å². The molecular weight excluding hydrogens is 845 g/mol. The fourth-order valence-corrected chi connectivity index (χ4v) is 10.2. The van der Waals surface area contributed by atoms with Gasteiger partial charge in [0.25, 0.3) is 0 Å². The van der Waals surface area contributed by atoms with Crippen LogP contribution in [-0.4, -0.2) is 19.5 Å². The number of fused-ring (bicyclic) bond motifs is 9. The van der Waals surface area contributed by atoms with Crippen molar-refractivity contribution in [3.63, 3.8) is 0 Å². The minimum atomic E-state index is 0.551. The van der Waals surface area contributed by atoms with E-state index >= 15 is 0 Å². The fourth-order valence-electron chi connectivity index (χ4n) is 10.2. The Balaban J connectivity index is 0.882. The summed E-state index contributed by atoms with van der Waals surface area (Å²) in [6.07, 6.45) is 0. The lowest BCUT2D eigenvalue weighted by Gasteiger charge is -2.10. The summed E-state index contributed by atoms with van der Waals surface area (Å²) in [5.41, 5.74) is 16.0. The second kappa shape index (κ2) is 15.6. The maximum atomic E-state index is 6.57. The first kappa shape index (κ1) is 38.8. The summed E-state index contributed by atoms with van der Waals surface area (Å²) in [6.45, 7) is 0. The summed E-state index contributed by atoms with van der Waals surface area (Å²) in [5.74, 6) is 1.69. The Morgan fingerprint density at radius 3 is 1.58 bits per heavy atom. The standard InChI is InChI=1S/C63H38N4O2/c1-4-15-39(16-5-1)47-24-13-27-56-59(47)49-32-29-45(38-58(49)69-56)62-64-61(40-17-6-2-7-18-40)65-63(66-62)50-25-14-28-57-60(50)52-37-44(31-34-55(52)68-57)42-20-12-19-41(35-42)43-30-33-54-51(36-43)48-23-10-11-26-53(48)67(54)46-21-8-3-9-22-46/h1-38H. The molecule has 0 atom stereocenters. The van der Waals surface area contributed by atoms with Gasteiger partial charge >= 0.3 is 0 Å². The number of nitrogens with zero attached hydrogens (tertiary/aromatic N) is 4. The molecule has 0 spiro atoms. The summed E-state index contributed by atoms with van der Waals surface area (Å²) in [6, 6.07) is 80.5. The zero-order chi connectivity index (χ0) is 45.4. The highest BCUT2D eigenvalue weighted by Gasteiger charge is 2.21. The Bertz CT molecular complexity index is 4300. The van der Waals surface area contributed by atoms with Gasteiger partial charge in [-0.3, -0.25) is 0 Å². The molecule has 69 heavy (non-hydrogen) atoms. The van der Waals surface area contributed by atoms with E-state index in [1.165, 1.54) is 21.8 Å². The zero-order valence-electron chi connectivity index (χ0n) is 37.0. The van der Waals surface area contributed by atoms with E-state index in [0.717, 1.165) is 99.6 Å². The molecule has 4 heterocycles. The van der Waals surface area contributed by atoms with Crippen molar-refractivity contribution in [1.29, 1.82) is 0 Å². The summed E-state index contributed by atoms with van der Waals surface area (Å²) >= 11 is 0. The Kier molecular flexibility index (Phi) is 8.79. The monoisotopic (exact) mass is 882 g/mol. The van der Waals surface area contributed by atoms with Crippen molar-refractivity contribution in [2.45, 2.75) is 0 Å². The molecule has 6 heteroatoms.